The number of nitrogens with zero attached hydrogens (tertiary/aromatic N) is 3. The third-order valence-electron chi connectivity index (χ3n) is 3.20. The van der Waals surface area contributed by atoms with Crippen molar-refractivity contribution in [3.63, 3.8) is 0 Å². The molecule has 3 rings (SSSR count). The maximum Gasteiger partial charge on any atom is 0.316 e. The van der Waals surface area contributed by atoms with Crippen LogP contribution in [0.15, 0.2) is 59.4 Å². The van der Waals surface area contributed by atoms with E-state index in [1.807, 2.05) is 18.2 Å². The summed E-state index contributed by atoms with van der Waals surface area (Å²) < 4.78 is 4.94. The molecule has 0 saturated heterocycles. The molecule has 0 saturated carbocycles. The van der Waals surface area contributed by atoms with Crippen molar-refractivity contribution in [2.45, 2.75) is 6.10 Å². The van der Waals surface area contributed by atoms with E-state index in [0.29, 0.717) is 11.4 Å². The molecule has 0 fully saturated rings. The molecule has 2 N–H and O–H groups in total. The van der Waals surface area contributed by atoms with E-state index in [-0.39, 0.29) is 12.4 Å². The van der Waals surface area contributed by atoms with Crippen LogP contribution in [0.5, 0.6) is 0 Å². The molecule has 1 unspecified atom stereocenters. The minimum absolute atomic E-state index is 0.0514. The maximum absolute atomic E-state index is 12.0. The summed E-state index contributed by atoms with van der Waals surface area (Å²) in [7, 11) is 0. The number of benzene rings is 1. The number of amides is 1. The Balaban J connectivity index is 1.62. The normalized spacial score (nSPS) is 11.9. The lowest BCUT2D eigenvalue weighted by Gasteiger charge is -2.10. The summed E-state index contributed by atoms with van der Waals surface area (Å²) in [5.41, 5.74) is 1.42. The number of aromatic nitrogens is 3. The molecule has 3 aromatic rings. The standard InChI is InChI=1S/C16H14N4O3/c21-13(11-4-2-1-3-5-11)10-18-15(22)16-19-14(20-23-16)12-6-8-17-9-7-12/h1-9,13,21H,10H2,(H,18,22). The molecule has 116 valence electrons. The largest absolute Gasteiger partial charge is 0.387 e. The van der Waals surface area contributed by atoms with Crippen molar-refractivity contribution in [1.82, 2.24) is 20.4 Å². The SMILES string of the molecule is O=C(NCC(O)c1ccccc1)c1nc(-c2ccncc2)no1. The Kier molecular flexibility index (Phi) is 4.39. The number of nitrogens with one attached hydrogen (secondary N) is 1. The predicted octanol–water partition coefficient (Wildman–Crippen LogP) is 1.59. The minimum atomic E-state index is -0.803. The number of hydrogen-bond acceptors (Lipinski definition) is 6. The second-order valence-electron chi connectivity index (χ2n) is 4.80. The molecule has 2 aromatic heterocycles. The molecule has 1 atom stereocenters. The van der Waals surface area contributed by atoms with Gasteiger partial charge in [-0.1, -0.05) is 35.5 Å². The zero-order valence-corrected chi connectivity index (χ0v) is 12.1. The van der Waals surface area contributed by atoms with Gasteiger partial charge in [-0.05, 0) is 17.7 Å². The molecule has 1 amide bonds. The predicted molar refractivity (Wildman–Crippen MR) is 81.3 cm³/mol. The van der Waals surface area contributed by atoms with E-state index in [9.17, 15) is 9.90 Å². The van der Waals surface area contributed by atoms with Crippen LogP contribution in [0.25, 0.3) is 11.4 Å². The quantitative estimate of drug-likeness (QED) is 0.742. The van der Waals surface area contributed by atoms with Crippen LogP contribution in [0.2, 0.25) is 0 Å². The maximum atomic E-state index is 12.0. The molecular weight excluding hydrogens is 296 g/mol. The van der Waals surface area contributed by atoms with E-state index in [0.717, 1.165) is 5.56 Å². The zero-order chi connectivity index (χ0) is 16.1. The van der Waals surface area contributed by atoms with E-state index in [1.54, 1.807) is 36.7 Å². The van der Waals surface area contributed by atoms with Gasteiger partial charge in [0, 0.05) is 24.5 Å². The van der Waals surface area contributed by atoms with Crippen LogP contribution in [-0.4, -0.2) is 32.7 Å². The summed E-state index contributed by atoms with van der Waals surface area (Å²) in [6.45, 7) is 0.0514. The van der Waals surface area contributed by atoms with E-state index in [2.05, 4.69) is 20.4 Å². The number of pyridine rings is 1. The number of carbonyl (C=O) groups is 1. The highest BCUT2D eigenvalue weighted by Gasteiger charge is 2.17. The van der Waals surface area contributed by atoms with Gasteiger partial charge in [-0.3, -0.25) is 9.78 Å². The average molecular weight is 310 g/mol. The minimum Gasteiger partial charge on any atom is -0.387 e. The Morgan fingerprint density at radius 2 is 1.91 bits per heavy atom. The van der Waals surface area contributed by atoms with Gasteiger partial charge in [0.2, 0.25) is 5.82 Å². The number of rotatable bonds is 5. The van der Waals surface area contributed by atoms with Gasteiger partial charge in [-0.25, -0.2) is 0 Å². The first-order chi connectivity index (χ1) is 11.2. The summed E-state index contributed by atoms with van der Waals surface area (Å²) in [5.74, 6) is -0.383. The number of carbonyl (C=O) groups excluding carboxylic acids is 1. The first kappa shape index (κ1) is 14.9. The summed E-state index contributed by atoms with van der Waals surface area (Å²) in [4.78, 5) is 19.9. The molecule has 0 aliphatic heterocycles. The Labute approximate surface area is 132 Å². The molecule has 0 radical (unpaired) electrons. The highest BCUT2D eigenvalue weighted by Crippen LogP contribution is 2.14. The fourth-order valence-electron chi connectivity index (χ4n) is 1.99. The van der Waals surface area contributed by atoms with Crippen molar-refractivity contribution in [3.8, 4) is 11.4 Å². The van der Waals surface area contributed by atoms with Gasteiger partial charge < -0.3 is 14.9 Å². The highest BCUT2D eigenvalue weighted by molar-refractivity contribution is 5.89. The van der Waals surface area contributed by atoms with Crippen LogP contribution < -0.4 is 5.32 Å². The van der Waals surface area contributed by atoms with Gasteiger partial charge in [-0.15, -0.1) is 0 Å². The van der Waals surface area contributed by atoms with Crippen LogP contribution in [0.4, 0.5) is 0 Å². The van der Waals surface area contributed by atoms with Crippen LogP contribution >= 0.6 is 0 Å². The fraction of sp³-hybridized carbons (Fsp3) is 0.125. The molecule has 7 nitrogen and oxygen atoms in total. The van der Waals surface area contributed by atoms with E-state index in [1.165, 1.54) is 0 Å². The third-order valence-corrected chi connectivity index (χ3v) is 3.20. The van der Waals surface area contributed by atoms with E-state index < -0.39 is 12.0 Å². The third kappa shape index (κ3) is 3.58. The molecule has 0 aliphatic carbocycles. The monoisotopic (exact) mass is 310 g/mol. The van der Waals surface area contributed by atoms with Gasteiger partial charge in [0.05, 0.1) is 6.10 Å². The summed E-state index contributed by atoms with van der Waals surface area (Å²) in [5, 5.41) is 16.3. The number of aliphatic hydroxyl groups excluding tert-OH is 1. The lowest BCUT2D eigenvalue weighted by atomic mass is 10.1. The zero-order valence-electron chi connectivity index (χ0n) is 12.1. The lowest BCUT2D eigenvalue weighted by molar-refractivity contribution is 0.0873. The van der Waals surface area contributed by atoms with Crippen LogP contribution in [-0.2, 0) is 0 Å². The van der Waals surface area contributed by atoms with Crippen molar-refractivity contribution >= 4 is 5.91 Å². The molecule has 1 aromatic carbocycles. The van der Waals surface area contributed by atoms with Crippen LogP contribution in [0.1, 0.15) is 22.4 Å². The van der Waals surface area contributed by atoms with Crippen molar-refractivity contribution in [1.29, 1.82) is 0 Å². The van der Waals surface area contributed by atoms with Crippen molar-refractivity contribution in [2.24, 2.45) is 0 Å². The summed E-state index contributed by atoms with van der Waals surface area (Å²) >= 11 is 0. The van der Waals surface area contributed by atoms with E-state index in [4.69, 9.17) is 4.52 Å². The van der Waals surface area contributed by atoms with Gasteiger partial charge >= 0.3 is 11.8 Å². The molecule has 0 spiro atoms. The second-order valence-corrected chi connectivity index (χ2v) is 4.80. The molecule has 0 aliphatic rings. The Morgan fingerprint density at radius 3 is 2.65 bits per heavy atom. The van der Waals surface area contributed by atoms with E-state index >= 15 is 0 Å². The highest BCUT2D eigenvalue weighted by atomic mass is 16.5. The van der Waals surface area contributed by atoms with Crippen LogP contribution in [0.3, 0.4) is 0 Å². The topological polar surface area (TPSA) is 101 Å². The fourth-order valence-corrected chi connectivity index (χ4v) is 1.99. The Bertz CT molecular complexity index is 774. The Hall–Kier alpha value is -3.06. The summed E-state index contributed by atoms with van der Waals surface area (Å²) in [6, 6.07) is 12.5. The first-order valence-corrected chi connectivity index (χ1v) is 6.99. The average Bonchev–Trinajstić information content (AvgIpc) is 3.11. The molecule has 0 bridgehead atoms. The molecule has 23 heavy (non-hydrogen) atoms. The molecule has 7 heteroatoms. The smallest absolute Gasteiger partial charge is 0.316 e. The van der Waals surface area contributed by atoms with Crippen molar-refractivity contribution in [2.75, 3.05) is 6.54 Å². The Morgan fingerprint density at radius 1 is 1.17 bits per heavy atom. The van der Waals surface area contributed by atoms with Gasteiger partial charge in [-0.2, -0.15) is 4.98 Å². The van der Waals surface area contributed by atoms with Crippen LogP contribution in [0, 0.1) is 0 Å². The lowest BCUT2D eigenvalue weighted by Crippen LogP contribution is -2.28. The van der Waals surface area contributed by atoms with Gasteiger partial charge in [0.1, 0.15) is 0 Å². The first-order valence-electron chi connectivity index (χ1n) is 6.99. The second kappa shape index (κ2) is 6.80. The number of hydrogen-bond donors (Lipinski definition) is 2. The molecule has 2 heterocycles. The number of aliphatic hydroxyl groups is 1. The van der Waals surface area contributed by atoms with Crippen molar-refractivity contribution in [3.05, 3.63) is 66.3 Å². The van der Waals surface area contributed by atoms with Gasteiger partial charge in [0.15, 0.2) is 0 Å². The molecular formula is C16H14N4O3. The van der Waals surface area contributed by atoms with Gasteiger partial charge in [0.25, 0.3) is 0 Å². The van der Waals surface area contributed by atoms with Crippen molar-refractivity contribution < 1.29 is 14.4 Å². The summed E-state index contributed by atoms with van der Waals surface area (Å²) in [6.07, 6.45) is 2.39.